The summed E-state index contributed by atoms with van der Waals surface area (Å²) in [6.45, 7) is 3.39. The number of aromatic amines is 1. The van der Waals surface area contributed by atoms with Gasteiger partial charge < -0.3 is 19.9 Å². The minimum atomic E-state index is -0.0128. The number of para-hydroxylation sites is 1. The first-order valence-corrected chi connectivity index (χ1v) is 12.7. The van der Waals surface area contributed by atoms with Gasteiger partial charge >= 0.3 is 0 Å². The third-order valence-corrected chi connectivity index (χ3v) is 7.07. The van der Waals surface area contributed by atoms with Gasteiger partial charge in [-0.3, -0.25) is 14.5 Å². The van der Waals surface area contributed by atoms with Gasteiger partial charge in [-0.1, -0.05) is 48.5 Å². The average Bonchev–Trinajstić information content (AvgIpc) is 3.38. The number of piperazine rings is 1. The summed E-state index contributed by atoms with van der Waals surface area (Å²) in [5.74, 6) is 0.827. The fourth-order valence-corrected chi connectivity index (χ4v) is 4.97. The Kier molecular flexibility index (Phi) is 7.51. The maximum absolute atomic E-state index is 13.0. The van der Waals surface area contributed by atoms with Crippen molar-refractivity contribution in [3.8, 4) is 5.75 Å². The molecule has 4 aromatic rings. The van der Waals surface area contributed by atoms with Crippen LogP contribution in [0.1, 0.15) is 27.4 Å². The van der Waals surface area contributed by atoms with E-state index in [0.29, 0.717) is 44.8 Å². The summed E-state index contributed by atoms with van der Waals surface area (Å²) in [5, 5.41) is 4.31. The van der Waals surface area contributed by atoms with E-state index in [-0.39, 0.29) is 17.7 Å². The number of carbonyl (C=O) groups is 2. The molecule has 1 saturated heterocycles. The molecule has 7 heteroatoms. The standard InChI is InChI=1S/C30H32N4O3/c1-37-24-13-11-22(12-14-24)26(27-20-31-28-10-6-5-9-25(27)28)19-32-29(35)21-33-15-17-34(18-16-33)30(36)23-7-3-2-4-8-23/h2-14,20,26,31H,15-19,21H2,1H3,(H,32,35)/t26-/m1/s1. The highest BCUT2D eigenvalue weighted by Crippen LogP contribution is 2.31. The van der Waals surface area contributed by atoms with Crippen LogP contribution in [0.15, 0.2) is 85.1 Å². The first-order valence-electron chi connectivity index (χ1n) is 12.7. The van der Waals surface area contributed by atoms with E-state index in [1.807, 2.05) is 65.7 Å². The van der Waals surface area contributed by atoms with Gasteiger partial charge in [-0.2, -0.15) is 0 Å². The van der Waals surface area contributed by atoms with E-state index >= 15 is 0 Å². The molecule has 7 nitrogen and oxygen atoms in total. The second-order valence-corrected chi connectivity index (χ2v) is 9.35. The Morgan fingerprint density at radius 1 is 0.919 bits per heavy atom. The van der Waals surface area contributed by atoms with Gasteiger partial charge in [0.15, 0.2) is 0 Å². The molecule has 0 aliphatic carbocycles. The van der Waals surface area contributed by atoms with E-state index in [0.717, 1.165) is 27.8 Å². The predicted octanol–water partition coefficient (Wildman–Crippen LogP) is 3.88. The highest BCUT2D eigenvalue weighted by Gasteiger charge is 2.24. The molecular weight excluding hydrogens is 464 g/mol. The number of ether oxygens (including phenoxy) is 1. The van der Waals surface area contributed by atoms with Crippen molar-refractivity contribution >= 4 is 22.7 Å². The van der Waals surface area contributed by atoms with Gasteiger partial charge in [-0.15, -0.1) is 0 Å². The number of hydrogen-bond acceptors (Lipinski definition) is 4. The van der Waals surface area contributed by atoms with Gasteiger partial charge in [-0.05, 0) is 41.5 Å². The van der Waals surface area contributed by atoms with E-state index in [1.165, 1.54) is 0 Å². The smallest absolute Gasteiger partial charge is 0.253 e. The molecule has 0 spiro atoms. The zero-order valence-electron chi connectivity index (χ0n) is 21.0. The Bertz CT molecular complexity index is 1340. The summed E-state index contributed by atoms with van der Waals surface area (Å²) in [5.41, 5.74) is 4.04. The van der Waals surface area contributed by atoms with Gasteiger partial charge in [0.25, 0.3) is 5.91 Å². The number of nitrogens with zero attached hydrogens (tertiary/aromatic N) is 2. The van der Waals surface area contributed by atoms with Gasteiger partial charge in [0.1, 0.15) is 5.75 Å². The number of H-pyrrole nitrogens is 1. The molecule has 0 unspecified atom stereocenters. The van der Waals surface area contributed by atoms with Crippen molar-refractivity contribution in [3.05, 3.63) is 102 Å². The summed E-state index contributed by atoms with van der Waals surface area (Å²) in [4.78, 5) is 33.0. The van der Waals surface area contributed by atoms with Crippen molar-refractivity contribution in [2.24, 2.45) is 0 Å². The number of carbonyl (C=O) groups excluding carboxylic acids is 2. The molecule has 2 N–H and O–H groups in total. The van der Waals surface area contributed by atoms with Crippen LogP contribution in [0.4, 0.5) is 0 Å². The Balaban J connectivity index is 1.21. The summed E-state index contributed by atoms with van der Waals surface area (Å²) < 4.78 is 5.33. The number of amides is 2. The molecule has 2 amide bonds. The van der Waals surface area contributed by atoms with Crippen LogP contribution in [0, 0.1) is 0 Å². The quantitative estimate of drug-likeness (QED) is 0.388. The molecule has 1 aromatic heterocycles. The van der Waals surface area contributed by atoms with E-state index in [4.69, 9.17) is 4.74 Å². The summed E-state index contributed by atoms with van der Waals surface area (Å²) in [6.07, 6.45) is 2.04. The Morgan fingerprint density at radius 2 is 1.62 bits per heavy atom. The fraction of sp³-hybridized carbons (Fsp3) is 0.267. The first-order chi connectivity index (χ1) is 18.1. The summed E-state index contributed by atoms with van der Waals surface area (Å²) >= 11 is 0. The average molecular weight is 497 g/mol. The number of aromatic nitrogens is 1. The molecule has 0 saturated carbocycles. The molecule has 2 heterocycles. The summed E-state index contributed by atoms with van der Waals surface area (Å²) in [7, 11) is 1.66. The minimum absolute atomic E-state index is 0.00801. The van der Waals surface area contributed by atoms with Crippen molar-refractivity contribution in [1.82, 2.24) is 20.1 Å². The number of hydrogen-bond donors (Lipinski definition) is 2. The van der Waals surface area contributed by atoms with Crippen molar-refractivity contribution in [1.29, 1.82) is 0 Å². The second kappa shape index (κ2) is 11.3. The van der Waals surface area contributed by atoms with Gasteiger partial charge in [-0.25, -0.2) is 0 Å². The number of methoxy groups -OCH3 is 1. The molecule has 1 aliphatic heterocycles. The van der Waals surface area contributed by atoms with Gasteiger partial charge in [0.05, 0.1) is 13.7 Å². The zero-order chi connectivity index (χ0) is 25.6. The van der Waals surface area contributed by atoms with Gasteiger partial charge in [0.2, 0.25) is 5.91 Å². The minimum Gasteiger partial charge on any atom is -0.497 e. The molecule has 0 radical (unpaired) electrons. The lowest BCUT2D eigenvalue weighted by atomic mass is 9.90. The third-order valence-electron chi connectivity index (χ3n) is 7.07. The van der Waals surface area contributed by atoms with Crippen molar-refractivity contribution in [3.63, 3.8) is 0 Å². The molecular formula is C30H32N4O3. The van der Waals surface area contributed by atoms with Crippen molar-refractivity contribution in [2.45, 2.75) is 5.92 Å². The molecule has 5 rings (SSSR count). The van der Waals surface area contributed by atoms with Crippen LogP contribution in [-0.4, -0.2) is 73.0 Å². The molecule has 3 aromatic carbocycles. The monoisotopic (exact) mass is 496 g/mol. The molecule has 190 valence electrons. The van der Waals surface area contributed by atoms with Crippen LogP contribution in [0.3, 0.4) is 0 Å². The van der Waals surface area contributed by atoms with Crippen LogP contribution in [0.25, 0.3) is 10.9 Å². The predicted molar refractivity (Wildman–Crippen MR) is 145 cm³/mol. The third kappa shape index (κ3) is 5.67. The zero-order valence-corrected chi connectivity index (χ0v) is 21.0. The normalized spacial score (nSPS) is 14.9. The Labute approximate surface area is 217 Å². The van der Waals surface area contributed by atoms with Crippen molar-refractivity contribution < 1.29 is 14.3 Å². The molecule has 0 bridgehead atoms. The molecule has 37 heavy (non-hydrogen) atoms. The highest BCUT2D eigenvalue weighted by atomic mass is 16.5. The SMILES string of the molecule is COc1ccc([C@@H](CNC(=O)CN2CCN(C(=O)c3ccccc3)CC2)c2c[nH]c3ccccc23)cc1. The fourth-order valence-electron chi connectivity index (χ4n) is 4.97. The van der Waals surface area contributed by atoms with Crippen LogP contribution < -0.4 is 10.1 Å². The number of benzene rings is 3. The van der Waals surface area contributed by atoms with E-state index < -0.39 is 0 Å². The molecule has 1 fully saturated rings. The number of rotatable bonds is 8. The second-order valence-electron chi connectivity index (χ2n) is 9.35. The maximum atomic E-state index is 13.0. The van der Waals surface area contributed by atoms with E-state index in [9.17, 15) is 9.59 Å². The van der Waals surface area contributed by atoms with Crippen LogP contribution >= 0.6 is 0 Å². The molecule has 1 atom stereocenters. The van der Waals surface area contributed by atoms with Crippen LogP contribution in [-0.2, 0) is 4.79 Å². The topological polar surface area (TPSA) is 77.7 Å². The van der Waals surface area contributed by atoms with Crippen molar-refractivity contribution in [2.75, 3.05) is 46.4 Å². The van der Waals surface area contributed by atoms with E-state index in [1.54, 1.807) is 7.11 Å². The number of nitrogens with one attached hydrogen (secondary N) is 2. The maximum Gasteiger partial charge on any atom is 0.253 e. The van der Waals surface area contributed by atoms with Crippen LogP contribution in [0.5, 0.6) is 5.75 Å². The van der Waals surface area contributed by atoms with E-state index in [2.05, 4.69) is 39.5 Å². The lowest BCUT2D eigenvalue weighted by Gasteiger charge is -2.34. The number of fused-ring (bicyclic) bond motifs is 1. The Morgan fingerprint density at radius 3 is 2.35 bits per heavy atom. The lowest BCUT2D eigenvalue weighted by molar-refractivity contribution is -0.122. The first kappa shape index (κ1) is 24.6. The Hall–Kier alpha value is -4.10. The highest BCUT2D eigenvalue weighted by molar-refractivity contribution is 5.94. The largest absolute Gasteiger partial charge is 0.497 e. The summed E-state index contributed by atoms with van der Waals surface area (Å²) in [6, 6.07) is 25.6. The van der Waals surface area contributed by atoms with Gasteiger partial charge in [0, 0.05) is 61.3 Å². The lowest BCUT2D eigenvalue weighted by Crippen LogP contribution is -2.51. The van der Waals surface area contributed by atoms with Crippen LogP contribution in [0.2, 0.25) is 0 Å². The molecule has 1 aliphatic rings.